The van der Waals surface area contributed by atoms with Crippen molar-refractivity contribution in [3.05, 3.63) is 18.2 Å². The van der Waals surface area contributed by atoms with Gasteiger partial charge in [-0.25, -0.2) is 4.98 Å². The zero-order chi connectivity index (χ0) is 5.98. The van der Waals surface area contributed by atoms with Crippen molar-refractivity contribution in [3.8, 4) is 0 Å². The van der Waals surface area contributed by atoms with Gasteiger partial charge in [-0.15, -0.1) is 0 Å². The number of aromatic amines is 1. The topological polar surface area (TPSA) is 68.8 Å². The van der Waals surface area contributed by atoms with Crippen LogP contribution in [-0.4, -0.2) is 15.9 Å². The van der Waals surface area contributed by atoms with Gasteiger partial charge in [0.15, 0.2) is 5.82 Å². The number of hydrogen-bond donors (Lipinski definition) is 1. The van der Waals surface area contributed by atoms with Gasteiger partial charge in [0.25, 0.3) is 0 Å². The summed E-state index contributed by atoms with van der Waals surface area (Å²) in [6.07, 6.45) is 2.77. The first-order chi connectivity index (χ1) is 3.80. The van der Waals surface area contributed by atoms with Crippen LogP contribution in [0.4, 0.5) is 0 Å². The number of nitrogens with one attached hydrogen (secondary N) is 1. The zero-order valence-corrected chi connectivity index (χ0v) is 5.70. The Labute approximate surface area is 66.8 Å². The average Bonchev–Trinajstić information content (AvgIpc) is 2.12. The van der Waals surface area contributed by atoms with Crippen LogP contribution >= 0.6 is 0 Å². The monoisotopic (exact) mass is 218 g/mol. The Morgan fingerprint density at radius 1 is 1.78 bits per heavy atom. The van der Waals surface area contributed by atoms with E-state index in [1.54, 1.807) is 0 Å². The van der Waals surface area contributed by atoms with Gasteiger partial charge in [-0.05, 0) is 0 Å². The van der Waals surface area contributed by atoms with E-state index in [4.69, 9.17) is 0 Å². The van der Waals surface area contributed by atoms with Crippen molar-refractivity contribution < 1.29 is 32.3 Å². The second kappa shape index (κ2) is 3.45. The fourth-order valence-corrected chi connectivity index (χ4v) is 0.377. The van der Waals surface area contributed by atoms with Crippen molar-refractivity contribution in [2.24, 2.45) is 0 Å². The molecule has 0 radical (unpaired) electrons. The molecule has 0 aliphatic carbocycles. The van der Waals surface area contributed by atoms with Crippen LogP contribution in [0, 0.1) is 0 Å². The summed E-state index contributed by atoms with van der Waals surface area (Å²) in [7, 11) is 0. The van der Waals surface area contributed by atoms with Crippen LogP contribution < -0.4 is 5.11 Å². The molecule has 1 aromatic rings. The van der Waals surface area contributed by atoms with Gasteiger partial charge in [0.2, 0.25) is 0 Å². The number of aromatic carboxylic acids is 1. The predicted octanol–water partition coefficient (Wildman–Crippen LogP) is -1.23. The molecule has 0 aromatic carbocycles. The fourth-order valence-electron chi connectivity index (χ4n) is 0.377. The van der Waals surface area contributed by atoms with Crippen LogP contribution in [0.25, 0.3) is 0 Å². The molecule has 5 heteroatoms. The number of aromatic nitrogens is 2. The van der Waals surface area contributed by atoms with Crippen LogP contribution in [-0.2, 0) is 22.4 Å². The minimum atomic E-state index is -1.28. The van der Waals surface area contributed by atoms with Gasteiger partial charge < -0.3 is 14.9 Å². The van der Waals surface area contributed by atoms with Crippen molar-refractivity contribution >= 4 is 5.97 Å². The second-order valence-corrected chi connectivity index (χ2v) is 1.23. The van der Waals surface area contributed by atoms with Crippen molar-refractivity contribution in [2.75, 3.05) is 0 Å². The molecule has 4 nitrogen and oxygen atoms in total. The summed E-state index contributed by atoms with van der Waals surface area (Å²) in [5.41, 5.74) is 0. The number of carbonyl (C=O) groups is 1. The summed E-state index contributed by atoms with van der Waals surface area (Å²) in [5, 5.41) is 9.86. The molecule has 1 heterocycles. The summed E-state index contributed by atoms with van der Waals surface area (Å²) < 4.78 is 0. The van der Waals surface area contributed by atoms with Gasteiger partial charge in [0, 0.05) is 12.4 Å². The zero-order valence-electron chi connectivity index (χ0n) is 4.22. The Bertz CT molecular complexity index is 184. The third kappa shape index (κ3) is 2.01. The molecule has 0 atom stereocenters. The average molecular weight is 219 g/mol. The van der Waals surface area contributed by atoms with Crippen LogP contribution in [0.3, 0.4) is 0 Å². The predicted molar refractivity (Wildman–Crippen MR) is 22.9 cm³/mol. The Kier molecular flexibility index (Phi) is 3.22. The molecule has 0 saturated carbocycles. The van der Waals surface area contributed by atoms with Crippen LogP contribution in [0.15, 0.2) is 12.4 Å². The van der Waals surface area contributed by atoms with Gasteiger partial charge in [-0.2, -0.15) is 0 Å². The molecule has 0 fully saturated rings. The molecular formula is C4H3AgN2O2. The molecule has 1 aromatic heterocycles. The molecule has 0 bridgehead atoms. The Morgan fingerprint density at radius 3 is 2.67 bits per heavy atom. The molecular weight excluding hydrogens is 216 g/mol. The number of carboxylic acid groups (broad SMARTS) is 1. The summed E-state index contributed by atoms with van der Waals surface area (Å²) in [5.74, 6) is -1.42. The third-order valence-electron chi connectivity index (χ3n) is 0.692. The molecule has 0 spiro atoms. The molecule has 9 heavy (non-hydrogen) atoms. The first kappa shape index (κ1) is 8.42. The van der Waals surface area contributed by atoms with Crippen LogP contribution in [0.2, 0.25) is 0 Å². The van der Waals surface area contributed by atoms with E-state index >= 15 is 0 Å². The van der Waals surface area contributed by atoms with Gasteiger partial charge >= 0.3 is 22.4 Å². The summed E-state index contributed by atoms with van der Waals surface area (Å²) in [6, 6.07) is 0. The SMILES string of the molecule is O=C([O-])c1ncc[nH]1.[Ag+]. The maximum atomic E-state index is 9.86. The number of imidazole rings is 1. The maximum Gasteiger partial charge on any atom is 1.00 e. The van der Waals surface area contributed by atoms with E-state index in [1.165, 1.54) is 12.4 Å². The molecule has 0 aliphatic heterocycles. The van der Waals surface area contributed by atoms with Gasteiger partial charge in [0.05, 0.1) is 0 Å². The van der Waals surface area contributed by atoms with Gasteiger partial charge in [0.1, 0.15) is 5.97 Å². The maximum absolute atomic E-state index is 9.86. The van der Waals surface area contributed by atoms with E-state index in [-0.39, 0.29) is 28.2 Å². The third-order valence-corrected chi connectivity index (χ3v) is 0.692. The van der Waals surface area contributed by atoms with Crippen molar-refractivity contribution in [1.29, 1.82) is 0 Å². The normalized spacial score (nSPS) is 8.00. The van der Waals surface area contributed by atoms with E-state index in [0.29, 0.717) is 0 Å². The second-order valence-electron chi connectivity index (χ2n) is 1.23. The van der Waals surface area contributed by atoms with Crippen molar-refractivity contribution in [2.45, 2.75) is 0 Å². The summed E-state index contributed by atoms with van der Waals surface area (Å²) >= 11 is 0. The molecule has 0 unspecified atom stereocenters. The standard InChI is InChI=1S/C4H4N2O2.Ag/c7-4(8)3-5-1-2-6-3;/h1-2H,(H,5,6)(H,7,8);/q;+1/p-1. The number of rotatable bonds is 1. The molecule has 52 valence electrons. The summed E-state index contributed by atoms with van der Waals surface area (Å²) in [6.45, 7) is 0. The minimum absolute atomic E-state index is 0. The van der Waals surface area contributed by atoms with Crippen molar-refractivity contribution in [3.63, 3.8) is 0 Å². The number of H-pyrrole nitrogens is 1. The first-order valence-electron chi connectivity index (χ1n) is 2.01. The molecule has 1 rings (SSSR count). The van der Waals surface area contributed by atoms with E-state index in [1.807, 2.05) is 0 Å². The van der Waals surface area contributed by atoms with Crippen LogP contribution in [0.1, 0.15) is 10.6 Å². The van der Waals surface area contributed by atoms with Crippen molar-refractivity contribution in [1.82, 2.24) is 9.97 Å². The minimum Gasteiger partial charge on any atom is -0.542 e. The Hall–Kier alpha value is -0.580. The number of carboxylic acids is 1. The first-order valence-corrected chi connectivity index (χ1v) is 2.01. The molecule has 0 amide bonds. The van der Waals surface area contributed by atoms with Gasteiger partial charge in [-0.1, -0.05) is 0 Å². The Balaban J connectivity index is 0.000000640. The molecule has 1 N–H and O–H groups in total. The Morgan fingerprint density at radius 2 is 2.44 bits per heavy atom. The van der Waals surface area contributed by atoms with Crippen LogP contribution in [0.5, 0.6) is 0 Å². The van der Waals surface area contributed by atoms with Gasteiger partial charge in [-0.3, -0.25) is 0 Å². The summed E-state index contributed by atoms with van der Waals surface area (Å²) in [4.78, 5) is 15.6. The van der Waals surface area contributed by atoms with E-state index in [2.05, 4.69) is 9.97 Å². The van der Waals surface area contributed by atoms with E-state index < -0.39 is 5.97 Å². The molecule has 0 aliphatic rings. The quantitative estimate of drug-likeness (QED) is 0.601. The fraction of sp³-hybridized carbons (Fsp3) is 0. The van der Waals surface area contributed by atoms with E-state index in [9.17, 15) is 9.90 Å². The number of carbonyl (C=O) groups excluding carboxylic acids is 1. The smallest absolute Gasteiger partial charge is 0.542 e. The van der Waals surface area contributed by atoms with E-state index in [0.717, 1.165) is 0 Å². The largest absolute Gasteiger partial charge is 1.00 e. The number of nitrogens with zero attached hydrogens (tertiary/aromatic N) is 1. The number of hydrogen-bond acceptors (Lipinski definition) is 3. The molecule has 0 saturated heterocycles.